The van der Waals surface area contributed by atoms with Crippen LogP contribution in [0.1, 0.15) is 23.7 Å². The van der Waals surface area contributed by atoms with Crippen molar-refractivity contribution in [1.29, 1.82) is 0 Å². The van der Waals surface area contributed by atoms with Crippen molar-refractivity contribution in [3.63, 3.8) is 0 Å². The fourth-order valence-corrected chi connectivity index (χ4v) is 3.13. The highest BCUT2D eigenvalue weighted by Crippen LogP contribution is 2.20. The van der Waals surface area contributed by atoms with Gasteiger partial charge in [-0.25, -0.2) is 9.37 Å². The maximum Gasteiger partial charge on any atom is 0.252 e. The molecule has 30 heavy (non-hydrogen) atoms. The van der Waals surface area contributed by atoms with E-state index in [-0.39, 0.29) is 41.7 Å². The highest BCUT2D eigenvalue weighted by atomic mass is 127. The number of nitrogens with zero attached hydrogens (tertiary/aromatic N) is 4. The molecule has 3 N–H and O–H groups in total. The number of carbonyl (C=O) groups excluding carboxylic acids is 1. The van der Waals surface area contributed by atoms with Crippen LogP contribution in [0.3, 0.4) is 0 Å². The van der Waals surface area contributed by atoms with Gasteiger partial charge in [-0.1, -0.05) is 0 Å². The standard InChI is InChI=1S/C20H26FN7O.HI/c1-2-23-20(26-11-10-25-19(29)15-5-3-8-22-13-15)27-16-7-12-28(14-16)18-17(21)6-4-9-24-18;/h3-6,8-9,13,16H,2,7,10-12,14H2,1H3,(H,25,29)(H2,23,26,27);1H. The number of aliphatic imine (C=N–C) groups is 1. The monoisotopic (exact) mass is 527 g/mol. The van der Waals surface area contributed by atoms with Crippen LogP contribution >= 0.6 is 24.0 Å². The van der Waals surface area contributed by atoms with Crippen molar-refractivity contribution < 1.29 is 9.18 Å². The number of hydrogen-bond donors (Lipinski definition) is 3. The number of pyridine rings is 2. The van der Waals surface area contributed by atoms with Gasteiger partial charge in [0.15, 0.2) is 17.6 Å². The van der Waals surface area contributed by atoms with E-state index in [2.05, 4.69) is 30.9 Å². The first kappa shape index (κ1) is 23.8. The van der Waals surface area contributed by atoms with Crippen LogP contribution in [-0.2, 0) is 0 Å². The van der Waals surface area contributed by atoms with Crippen molar-refractivity contribution in [2.75, 3.05) is 37.6 Å². The first-order valence-corrected chi connectivity index (χ1v) is 9.76. The lowest BCUT2D eigenvalue weighted by atomic mass is 10.3. The zero-order valence-corrected chi connectivity index (χ0v) is 19.2. The molecule has 1 unspecified atom stereocenters. The Labute approximate surface area is 192 Å². The van der Waals surface area contributed by atoms with Crippen LogP contribution in [0.2, 0.25) is 0 Å². The lowest BCUT2D eigenvalue weighted by Crippen LogP contribution is -2.45. The second kappa shape index (κ2) is 12.3. The molecule has 0 bridgehead atoms. The average Bonchev–Trinajstić information content (AvgIpc) is 3.20. The summed E-state index contributed by atoms with van der Waals surface area (Å²) >= 11 is 0. The third-order valence-electron chi connectivity index (χ3n) is 4.50. The molecule has 0 spiro atoms. The summed E-state index contributed by atoms with van der Waals surface area (Å²) in [7, 11) is 0. The Kier molecular flexibility index (Phi) is 9.71. The summed E-state index contributed by atoms with van der Waals surface area (Å²) in [4.78, 5) is 26.6. The van der Waals surface area contributed by atoms with E-state index >= 15 is 0 Å². The highest BCUT2D eigenvalue weighted by molar-refractivity contribution is 14.0. The minimum Gasteiger partial charge on any atom is -0.357 e. The van der Waals surface area contributed by atoms with Crippen LogP contribution in [-0.4, -0.2) is 60.6 Å². The largest absolute Gasteiger partial charge is 0.357 e. The van der Waals surface area contributed by atoms with Crippen molar-refractivity contribution in [3.05, 3.63) is 54.2 Å². The van der Waals surface area contributed by atoms with E-state index in [4.69, 9.17) is 0 Å². The molecule has 2 aromatic heterocycles. The SMILES string of the molecule is CCNC(=NCCNC(=O)c1cccnc1)NC1CCN(c2ncccc2F)C1.I. The number of halogens is 2. The molecule has 1 atom stereocenters. The van der Waals surface area contributed by atoms with Crippen LogP contribution in [0.15, 0.2) is 47.8 Å². The van der Waals surface area contributed by atoms with E-state index in [1.54, 1.807) is 30.6 Å². The van der Waals surface area contributed by atoms with Gasteiger partial charge < -0.3 is 20.9 Å². The topological polar surface area (TPSA) is 94.5 Å². The molecule has 1 amide bonds. The summed E-state index contributed by atoms with van der Waals surface area (Å²) in [5.41, 5.74) is 0.523. The molecule has 1 aliphatic heterocycles. The maximum atomic E-state index is 13.9. The molecule has 1 fully saturated rings. The normalized spacial score (nSPS) is 16.0. The summed E-state index contributed by atoms with van der Waals surface area (Å²) in [6.45, 7) is 4.94. The first-order chi connectivity index (χ1) is 14.2. The van der Waals surface area contributed by atoms with Crippen molar-refractivity contribution in [1.82, 2.24) is 25.9 Å². The van der Waals surface area contributed by atoms with Gasteiger partial charge in [-0.2, -0.15) is 0 Å². The third-order valence-corrected chi connectivity index (χ3v) is 4.50. The van der Waals surface area contributed by atoms with Gasteiger partial charge in [0.05, 0.1) is 12.1 Å². The molecular weight excluding hydrogens is 500 g/mol. The maximum absolute atomic E-state index is 13.9. The molecule has 1 saturated heterocycles. The molecule has 0 aliphatic carbocycles. The number of nitrogens with one attached hydrogen (secondary N) is 3. The zero-order valence-electron chi connectivity index (χ0n) is 16.8. The molecular formula is C20H27FIN7O. The molecule has 1 aliphatic rings. The Hall–Kier alpha value is -2.50. The number of guanidine groups is 1. The molecule has 10 heteroatoms. The van der Waals surface area contributed by atoms with Gasteiger partial charge in [-0.15, -0.1) is 24.0 Å². The van der Waals surface area contributed by atoms with Gasteiger partial charge >= 0.3 is 0 Å². The van der Waals surface area contributed by atoms with Crippen LogP contribution in [0.25, 0.3) is 0 Å². The van der Waals surface area contributed by atoms with Gasteiger partial charge in [0.25, 0.3) is 5.91 Å². The molecule has 0 radical (unpaired) electrons. The zero-order chi connectivity index (χ0) is 20.5. The summed E-state index contributed by atoms with van der Waals surface area (Å²) in [5, 5.41) is 9.41. The summed E-state index contributed by atoms with van der Waals surface area (Å²) in [5.74, 6) is 0.585. The predicted octanol–water partition coefficient (Wildman–Crippen LogP) is 1.80. The van der Waals surface area contributed by atoms with Crippen molar-refractivity contribution >= 4 is 41.7 Å². The number of aromatic nitrogens is 2. The van der Waals surface area contributed by atoms with Gasteiger partial charge in [-0.05, 0) is 37.6 Å². The third kappa shape index (κ3) is 6.78. The van der Waals surface area contributed by atoms with Crippen LogP contribution in [0.4, 0.5) is 10.2 Å². The average molecular weight is 527 g/mol. The number of rotatable bonds is 7. The van der Waals surface area contributed by atoms with E-state index in [9.17, 15) is 9.18 Å². The van der Waals surface area contributed by atoms with E-state index in [1.165, 1.54) is 12.3 Å². The van der Waals surface area contributed by atoms with Crippen LogP contribution in [0, 0.1) is 5.82 Å². The molecule has 2 aromatic rings. The fraction of sp³-hybridized carbons (Fsp3) is 0.400. The Balaban J connectivity index is 0.00000320. The Morgan fingerprint density at radius 3 is 2.87 bits per heavy atom. The molecule has 3 heterocycles. The lowest BCUT2D eigenvalue weighted by Gasteiger charge is -2.20. The van der Waals surface area contributed by atoms with Crippen LogP contribution in [0.5, 0.6) is 0 Å². The van der Waals surface area contributed by atoms with Gasteiger partial charge in [0, 0.05) is 50.8 Å². The Morgan fingerprint density at radius 1 is 1.30 bits per heavy atom. The summed E-state index contributed by atoms with van der Waals surface area (Å²) in [6.07, 6.45) is 5.62. The minimum atomic E-state index is -0.307. The Bertz CT molecular complexity index is 837. The number of amides is 1. The van der Waals surface area contributed by atoms with Gasteiger partial charge in [-0.3, -0.25) is 14.8 Å². The summed E-state index contributed by atoms with van der Waals surface area (Å²) in [6, 6.07) is 6.59. The van der Waals surface area contributed by atoms with Gasteiger partial charge in [0.2, 0.25) is 0 Å². The number of anilines is 1. The Morgan fingerprint density at radius 2 is 2.13 bits per heavy atom. The summed E-state index contributed by atoms with van der Waals surface area (Å²) < 4.78 is 13.9. The number of carbonyl (C=O) groups is 1. The second-order valence-electron chi connectivity index (χ2n) is 6.64. The van der Waals surface area contributed by atoms with E-state index < -0.39 is 0 Å². The minimum absolute atomic E-state index is 0. The molecule has 8 nitrogen and oxygen atoms in total. The second-order valence-corrected chi connectivity index (χ2v) is 6.64. The van der Waals surface area contributed by atoms with E-state index in [0.717, 1.165) is 19.5 Å². The van der Waals surface area contributed by atoms with Crippen molar-refractivity contribution in [2.45, 2.75) is 19.4 Å². The lowest BCUT2D eigenvalue weighted by molar-refractivity contribution is 0.0954. The van der Waals surface area contributed by atoms with Crippen molar-refractivity contribution in [3.8, 4) is 0 Å². The molecule has 0 aromatic carbocycles. The predicted molar refractivity (Wildman–Crippen MR) is 126 cm³/mol. The van der Waals surface area contributed by atoms with E-state index in [1.807, 2.05) is 11.8 Å². The molecule has 162 valence electrons. The fourth-order valence-electron chi connectivity index (χ4n) is 3.13. The number of hydrogen-bond acceptors (Lipinski definition) is 5. The first-order valence-electron chi connectivity index (χ1n) is 9.76. The van der Waals surface area contributed by atoms with E-state index in [0.29, 0.717) is 37.0 Å². The smallest absolute Gasteiger partial charge is 0.252 e. The molecule has 3 rings (SSSR count). The van der Waals surface area contributed by atoms with Crippen molar-refractivity contribution in [2.24, 2.45) is 4.99 Å². The molecule has 0 saturated carbocycles. The highest BCUT2D eigenvalue weighted by Gasteiger charge is 2.25. The quantitative estimate of drug-likeness (QED) is 0.220. The van der Waals surface area contributed by atoms with Crippen LogP contribution < -0.4 is 20.9 Å². The van der Waals surface area contributed by atoms with Gasteiger partial charge in [0.1, 0.15) is 0 Å².